The van der Waals surface area contributed by atoms with E-state index in [2.05, 4.69) is 10.7 Å². The van der Waals surface area contributed by atoms with Crippen LogP contribution in [0.1, 0.15) is 18.1 Å². The van der Waals surface area contributed by atoms with Gasteiger partial charge in [-0.2, -0.15) is 5.01 Å². The van der Waals surface area contributed by atoms with Gasteiger partial charge >= 0.3 is 6.03 Å². The minimum absolute atomic E-state index is 0.00651. The van der Waals surface area contributed by atoms with E-state index in [0.717, 1.165) is 16.3 Å². The summed E-state index contributed by atoms with van der Waals surface area (Å²) in [4.78, 5) is 39.5. The van der Waals surface area contributed by atoms with Gasteiger partial charge in [-0.1, -0.05) is 30.3 Å². The predicted molar refractivity (Wildman–Crippen MR) is 118 cm³/mol. The van der Waals surface area contributed by atoms with Gasteiger partial charge in [0.1, 0.15) is 23.6 Å². The summed E-state index contributed by atoms with van der Waals surface area (Å²) in [5, 5.41) is 3.38. The SMILES string of the molecule is COc1ccc(C2(C)NC(=O)N(NC(=O)CN(C)CCOc3ccccc3C)C2=O)cc1. The van der Waals surface area contributed by atoms with Gasteiger partial charge in [0.2, 0.25) is 0 Å². The summed E-state index contributed by atoms with van der Waals surface area (Å²) >= 11 is 0. The second-order valence-corrected chi connectivity index (χ2v) is 7.81. The van der Waals surface area contributed by atoms with Crippen molar-refractivity contribution in [2.45, 2.75) is 19.4 Å². The standard InChI is InChI=1S/C23H28N4O5/c1-16-7-5-6-8-19(16)32-14-13-26(3)15-20(28)25-27-21(29)23(2,24-22(27)30)17-9-11-18(31-4)12-10-17/h5-12H,13-15H2,1-4H3,(H,24,30)(H,25,28). The molecule has 2 aromatic carbocycles. The molecule has 1 fully saturated rings. The largest absolute Gasteiger partial charge is 0.497 e. The third-order valence-electron chi connectivity index (χ3n) is 5.33. The summed E-state index contributed by atoms with van der Waals surface area (Å²) in [6.07, 6.45) is 0. The number of hydrogen-bond donors (Lipinski definition) is 2. The number of nitrogens with zero attached hydrogens (tertiary/aromatic N) is 2. The first-order valence-corrected chi connectivity index (χ1v) is 10.2. The fourth-order valence-electron chi connectivity index (χ4n) is 3.37. The molecule has 0 spiro atoms. The Morgan fingerprint density at radius 2 is 1.84 bits per heavy atom. The normalized spacial score (nSPS) is 18.0. The number of rotatable bonds is 9. The van der Waals surface area contributed by atoms with Crippen LogP contribution >= 0.6 is 0 Å². The Labute approximate surface area is 187 Å². The minimum Gasteiger partial charge on any atom is -0.497 e. The molecule has 32 heavy (non-hydrogen) atoms. The zero-order chi connectivity index (χ0) is 23.3. The molecule has 1 atom stereocenters. The number of benzene rings is 2. The van der Waals surface area contributed by atoms with Crippen molar-refractivity contribution in [1.82, 2.24) is 20.7 Å². The summed E-state index contributed by atoms with van der Waals surface area (Å²) < 4.78 is 10.9. The first-order valence-electron chi connectivity index (χ1n) is 10.2. The number of urea groups is 1. The third kappa shape index (κ3) is 5.00. The number of likely N-dealkylation sites (N-methyl/N-ethyl adjacent to an activating group) is 1. The number of ether oxygens (including phenoxy) is 2. The molecule has 0 radical (unpaired) electrons. The highest BCUT2D eigenvalue weighted by Crippen LogP contribution is 2.29. The van der Waals surface area contributed by atoms with Crippen LogP contribution in [0, 0.1) is 6.92 Å². The first-order chi connectivity index (χ1) is 15.2. The number of nitrogens with one attached hydrogen (secondary N) is 2. The van der Waals surface area contributed by atoms with Crippen LogP contribution in [0.25, 0.3) is 0 Å². The zero-order valence-electron chi connectivity index (χ0n) is 18.7. The van der Waals surface area contributed by atoms with Gasteiger partial charge in [0.05, 0.1) is 13.7 Å². The van der Waals surface area contributed by atoms with Crippen LogP contribution < -0.4 is 20.2 Å². The molecule has 3 rings (SSSR count). The van der Waals surface area contributed by atoms with Gasteiger partial charge in [0.15, 0.2) is 0 Å². The highest BCUT2D eigenvalue weighted by molar-refractivity contribution is 6.08. The van der Waals surface area contributed by atoms with Crippen LogP contribution in [-0.4, -0.2) is 61.6 Å². The fraction of sp³-hybridized carbons (Fsp3) is 0.348. The maximum atomic E-state index is 12.9. The number of carbonyl (C=O) groups excluding carboxylic acids is 3. The second-order valence-electron chi connectivity index (χ2n) is 7.81. The van der Waals surface area contributed by atoms with Gasteiger partial charge < -0.3 is 14.8 Å². The van der Waals surface area contributed by atoms with E-state index in [1.807, 2.05) is 31.2 Å². The Kier molecular flexibility index (Phi) is 6.99. The van der Waals surface area contributed by atoms with Crippen molar-refractivity contribution in [2.75, 3.05) is 33.9 Å². The van der Waals surface area contributed by atoms with E-state index < -0.39 is 23.4 Å². The van der Waals surface area contributed by atoms with E-state index in [1.54, 1.807) is 50.2 Å². The molecule has 2 aromatic rings. The van der Waals surface area contributed by atoms with Crippen LogP contribution in [-0.2, 0) is 15.1 Å². The van der Waals surface area contributed by atoms with Crippen molar-refractivity contribution in [1.29, 1.82) is 0 Å². The summed E-state index contributed by atoms with van der Waals surface area (Å²) in [5.41, 5.74) is 2.73. The van der Waals surface area contributed by atoms with E-state index in [1.165, 1.54) is 0 Å². The van der Waals surface area contributed by atoms with Gasteiger partial charge in [0.25, 0.3) is 11.8 Å². The number of hydrogen-bond acceptors (Lipinski definition) is 6. The number of methoxy groups -OCH3 is 1. The van der Waals surface area contributed by atoms with E-state index in [9.17, 15) is 14.4 Å². The van der Waals surface area contributed by atoms with Gasteiger partial charge in [-0.3, -0.25) is 19.9 Å². The molecule has 0 aliphatic carbocycles. The van der Waals surface area contributed by atoms with Crippen LogP contribution in [0.3, 0.4) is 0 Å². The number of imide groups is 1. The molecule has 9 heteroatoms. The Morgan fingerprint density at radius 3 is 2.50 bits per heavy atom. The van der Waals surface area contributed by atoms with Crippen molar-refractivity contribution in [3.05, 3.63) is 59.7 Å². The van der Waals surface area contributed by atoms with Crippen molar-refractivity contribution in [3.8, 4) is 11.5 Å². The third-order valence-corrected chi connectivity index (χ3v) is 5.33. The van der Waals surface area contributed by atoms with Crippen LogP contribution in [0.4, 0.5) is 4.79 Å². The van der Waals surface area contributed by atoms with Crippen LogP contribution in [0.15, 0.2) is 48.5 Å². The number of amides is 4. The van der Waals surface area contributed by atoms with E-state index in [0.29, 0.717) is 24.5 Å². The molecule has 1 saturated heterocycles. The average molecular weight is 441 g/mol. The number of hydrazine groups is 1. The Hall–Kier alpha value is -3.59. The number of carbonyl (C=O) groups is 3. The first kappa shape index (κ1) is 23.1. The molecule has 0 bridgehead atoms. The number of aryl methyl sites for hydroxylation is 1. The Morgan fingerprint density at radius 1 is 1.16 bits per heavy atom. The average Bonchev–Trinajstić information content (AvgIpc) is 2.99. The minimum atomic E-state index is -1.29. The van der Waals surface area contributed by atoms with Crippen molar-refractivity contribution < 1.29 is 23.9 Å². The highest BCUT2D eigenvalue weighted by atomic mass is 16.5. The van der Waals surface area contributed by atoms with Crippen LogP contribution in [0.5, 0.6) is 11.5 Å². The molecule has 0 saturated carbocycles. The Bertz CT molecular complexity index is 994. The van der Waals surface area contributed by atoms with E-state index >= 15 is 0 Å². The molecule has 4 amide bonds. The zero-order valence-corrected chi connectivity index (χ0v) is 18.7. The van der Waals surface area contributed by atoms with Crippen molar-refractivity contribution in [3.63, 3.8) is 0 Å². The van der Waals surface area contributed by atoms with E-state index in [4.69, 9.17) is 9.47 Å². The molecular formula is C23H28N4O5. The number of para-hydroxylation sites is 1. The van der Waals surface area contributed by atoms with Gasteiger partial charge in [0, 0.05) is 6.54 Å². The molecule has 170 valence electrons. The summed E-state index contributed by atoms with van der Waals surface area (Å²) in [7, 11) is 3.30. The van der Waals surface area contributed by atoms with Crippen LogP contribution in [0.2, 0.25) is 0 Å². The molecule has 1 unspecified atom stereocenters. The monoisotopic (exact) mass is 440 g/mol. The van der Waals surface area contributed by atoms with Gasteiger partial charge in [-0.05, 0) is 50.2 Å². The lowest BCUT2D eigenvalue weighted by atomic mass is 9.92. The fourth-order valence-corrected chi connectivity index (χ4v) is 3.37. The lowest BCUT2D eigenvalue weighted by Gasteiger charge is -2.23. The molecule has 1 heterocycles. The van der Waals surface area contributed by atoms with Crippen molar-refractivity contribution in [2.24, 2.45) is 0 Å². The topological polar surface area (TPSA) is 100 Å². The molecule has 1 aliphatic heterocycles. The quantitative estimate of drug-likeness (QED) is 0.577. The van der Waals surface area contributed by atoms with E-state index in [-0.39, 0.29) is 6.54 Å². The molecule has 0 aromatic heterocycles. The second kappa shape index (κ2) is 9.69. The van der Waals surface area contributed by atoms with Gasteiger partial charge in [-0.15, -0.1) is 0 Å². The van der Waals surface area contributed by atoms with Crippen molar-refractivity contribution >= 4 is 17.8 Å². The smallest absolute Gasteiger partial charge is 0.344 e. The Balaban J connectivity index is 1.53. The molecule has 1 aliphatic rings. The maximum Gasteiger partial charge on any atom is 0.344 e. The molecule has 2 N–H and O–H groups in total. The lowest BCUT2D eigenvalue weighted by molar-refractivity contribution is -0.139. The summed E-state index contributed by atoms with van der Waals surface area (Å²) in [6.45, 7) is 4.44. The molecule has 9 nitrogen and oxygen atoms in total. The summed E-state index contributed by atoms with van der Waals surface area (Å²) in [5.74, 6) is 0.383. The maximum absolute atomic E-state index is 12.9. The predicted octanol–water partition coefficient (Wildman–Crippen LogP) is 1.81. The molecular weight excluding hydrogens is 412 g/mol. The summed E-state index contributed by atoms with van der Waals surface area (Å²) in [6, 6.07) is 13.8. The van der Waals surface area contributed by atoms with Gasteiger partial charge in [-0.25, -0.2) is 4.79 Å². The lowest BCUT2D eigenvalue weighted by Crippen LogP contribution is -2.50. The highest BCUT2D eigenvalue weighted by Gasteiger charge is 2.50.